The molecule has 0 atom stereocenters. The van der Waals surface area contributed by atoms with Gasteiger partial charge in [-0.05, 0) is 51.5 Å². The summed E-state index contributed by atoms with van der Waals surface area (Å²) >= 11 is 0. The highest BCUT2D eigenvalue weighted by atomic mass is 16.5. The highest BCUT2D eigenvalue weighted by Crippen LogP contribution is 2.23. The van der Waals surface area contributed by atoms with Crippen LogP contribution in [0.5, 0.6) is 0 Å². The van der Waals surface area contributed by atoms with Crippen molar-refractivity contribution in [2.45, 2.75) is 84.0 Å². The van der Waals surface area contributed by atoms with Gasteiger partial charge in [-0.1, -0.05) is 20.8 Å². The molecule has 0 aromatic heterocycles. The van der Waals surface area contributed by atoms with E-state index in [2.05, 4.69) is 26.1 Å². The Hall–Kier alpha value is -0.0800. The highest BCUT2D eigenvalue weighted by molar-refractivity contribution is 4.78. The van der Waals surface area contributed by atoms with E-state index in [1.165, 1.54) is 38.6 Å². The van der Waals surface area contributed by atoms with Crippen LogP contribution in [0.2, 0.25) is 0 Å². The Balaban J connectivity index is 2.16. The molecule has 0 radical (unpaired) electrons. The van der Waals surface area contributed by atoms with Gasteiger partial charge in [0, 0.05) is 6.04 Å². The quantitative estimate of drug-likeness (QED) is 0.718. The Morgan fingerprint density at radius 2 is 1.69 bits per heavy atom. The molecule has 1 fully saturated rings. The van der Waals surface area contributed by atoms with Gasteiger partial charge in [-0.2, -0.15) is 0 Å². The first-order valence-corrected chi connectivity index (χ1v) is 7.18. The Morgan fingerprint density at radius 1 is 1.06 bits per heavy atom. The smallest absolute Gasteiger partial charge is 0.0580 e. The highest BCUT2D eigenvalue weighted by Gasteiger charge is 2.22. The molecule has 0 aliphatic heterocycles. The van der Waals surface area contributed by atoms with Crippen molar-refractivity contribution >= 4 is 0 Å². The molecule has 1 aliphatic rings. The van der Waals surface area contributed by atoms with Crippen molar-refractivity contribution in [2.24, 2.45) is 0 Å². The zero-order valence-corrected chi connectivity index (χ0v) is 11.3. The first-order valence-electron chi connectivity index (χ1n) is 7.18. The third-order valence-electron chi connectivity index (χ3n) is 3.65. The van der Waals surface area contributed by atoms with Gasteiger partial charge >= 0.3 is 0 Å². The van der Waals surface area contributed by atoms with E-state index in [0.717, 1.165) is 18.9 Å². The molecule has 0 aromatic carbocycles. The molecule has 0 saturated heterocycles. The Kier molecular flexibility index (Phi) is 7.06. The predicted octanol–water partition coefficient (Wildman–Crippen LogP) is 3.50. The Morgan fingerprint density at radius 3 is 2.19 bits per heavy atom. The van der Waals surface area contributed by atoms with E-state index in [1.807, 2.05) is 0 Å². The first kappa shape index (κ1) is 14.0. The molecule has 1 rings (SSSR count). The summed E-state index contributed by atoms with van der Waals surface area (Å²) in [5.41, 5.74) is 0. The van der Waals surface area contributed by atoms with E-state index in [9.17, 15) is 0 Å². The summed E-state index contributed by atoms with van der Waals surface area (Å²) < 4.78 is 6.11. The molecule has 2 nitrogen and oxygen atoms in total. The summed E-state index contributed by atoms with van der Waals surface area (Å²) in [5, 5.41) is 3.62. The minimum atomic E-state index is 0.491. The second kappa shape index (κ2) is 8.08. The molecular formula is C14H29NO. The van der Waals surface area contributed by atoms with Crippen LogP contribution in [0.1, 0.15) is 65.7 Å². The van der Waals surface area contributed by atoms with Crippen molar-refractivity contribution in [1.82, 2.24) is 5.32 Å². The van der Waals surface area contributed by atoms with E-state index < -0.39 is 0 Å². The lowest BCUT2D eigenvalue weighted by Crippen LogP contribution is -2.36. The van der Waals surface area contributed by atoms with Gasteiger partial charge in [0.15, 0.2) is 0 Å². The van der Waals surface area contributed by atoms with Gasteiger partial charge in [0.25, 0.3) is 0 Å². The lowest BCUT2D eigenvalue weighted by atomic mass is 9.92. The van der Waals surface area contributed by atoms with E-state index in [1.54, 1.807) is 0 Å². The third-order valence-corrected chi connectivity index (χ3v) is 3.65. The van der Waals surface area contributed by atoms with Crippen molar-refractivity contribution in [1.29, 1.82) is 0 Å². The van der Waals surface area contributed by atoms with Gasteiger partial charge in [-0.25, -0.2) is 0 Å². The maximum Gasteiger partial charge on any atom is 0.0580 e. The van der Waals surface area contributed by atoms with Gasteiger partial charge in [-0.3, -0.25) is 0 Å². The Bertz CT molecular complexity index is 160. The number of hydrogen-bond acceptors (Lipinski definition) is 2. The van der Waals surface area contributed by atoms with Gasteiger partial charge in [0.05, 0.1) is 12.2 Å². The average molecular weight is 227 g/mol. The fourth-order valence-electron chi connectivity index (χ4n) is 2.50. The van der Waals surface area contributed by atoms with Gasteiger partial charge in [-0.15, -0.1) is 0 Å². The minimum absolute atomic E-state index is 0.491. The molecule has 0 aromatic rings. The zero-order valence-electron chi connectivity index (χ0n) is 11.3. The van der Waals surface area contributed by atoms with Gasteiger partial charge in [0.1, 0.15) is 0 Å². The van der Waals surface area contributed by atoms with Gasteiger partial charge in [0.2, 0.25) is 0 Å². The second-order valence-electron chi connectivity index (χ2n) is 5.00. The molecule has 1 saturated carbocycles. The van der Waals surface area contributed by atoms with Crippen molar-refractivity contribution in [3.63, 3.8) is 0 Å². The molecule has 0 spiro atoms. The van der Waals surface area contributed by atoms with Crippen LogP contribution in [0, 0.1) is 0 Å². The number of rotatable bonds is 7. The fourth-order valence-corrected chi connectivity index (χ4v) is 2.50. The summed E-state index contributed by atoms with van der Waals surface area (Å²) in [7, 11) is 0. The summed E-state index contributed by atoms with van der Waals surface area (Å²) in [6.07, 6.45) is 9.67. The van der Waals surface area contributed by atoms with Crippen LogP contribution < -0.4 is 5.32 Å². The van der Waals surface area contributed by atoms with E-state index in [-0.39, 0.29) is 0 Å². The molecular weight excluding hydrogens is 198 g/mol. The molecule has 2 heteroatoms. The number of nitrogens with one attached hydrogen (secondary N) is 1. The topological polar surface area (TPSA) is 21.3 Å². The SMILES string of the molecule is CCCNC1CCC(OC(CC)CC)CC1. The molecule has 96 valence electrons. The summed E-state index contributed by atoms with van der Waals surface area (Å²) in [6, 6.07) is 0.751. The number of ether oxygens (including phenoxy) is 1. The third kappa shape index (κ3) is 4.84. The maximum absolute atomic E-state index is 6.11. The molecule has 0 heterocycles. The van der Waals surface area contributed by atoms with Crippen LogP contribution in [0.4, 0.5) is 0 Å². The number of hydrogen-bond donors (Lipinski definition) is 1. The Labute approximate surface area is 101 Å². The average Bonchev–Trinajstić information content (AvgIpc) is 2.35. The van der Waals surface area contributed by atoms with Crippen LogP contribution >= 0.6 is 0 Å². The predicted molar refractivity (Wildman–Crippen MR) is 69.8 cm³/mol. The summed E-state index contributed by atoms with van der Waals surface area (Å²) in [6.45, 7) is 7.85. The molecule has 0 amide bonds. The van der Waals surface area contributed by atoms with Crippen molar-refractivity contribution in [3.05, 3.63) is 0 Å². The van der Waals surface area contributed by atoms with Crippen molar-refractivity contribution in [2.75, 3.05) is 6.54 Å². The van der Waals surface area contributed by atoms with Crippen LogP contribution in [-0.4, -0.2) is 24.8 Å². The summed E-state index contributed by atoms with van der Waals surface area (Å²) in [4.78, 5) is 0. The standard InChI is InChI=1S/C14H29NO/c1-4-11-15-12-7-9-14(10-8-12)16-13(5-2)6-3/h12-15H,4-11H2,1-3H3. The van der Waals surface area contributed by atoms with Crippen molar-refractivity contribution in [3.8, 4) is 0 Å². The van der Waals surface area contributed by atoms with Crippen molar-refractivity contribution < 1.29 is 4.74 Å². The fraction of sp³-hybridized carbons (Fsp3) is 1.00. The molecule has 1 aliphatic carbocycles. The molecule has 16 heavy (non-hydrogen) atoms. The molecule has 0 unspecified atom stereocenters. The zero-order chi connectivity index (χ0) is 11.8. The first-order chi connectivity index (χ1) is 7.80. The van der Waals surface area contributed by atoms with Gasteiger partial charge < -0.3 is 10.1 Å². The van der Waals surface area contributed by atoms with Crippen LogP contribution in [0.25, 0.3) is 0 Å². The van der Waals surface area contributed by atoms with E-state index in [4.69, 9.17) is 4.74 Å². The summed E-state index contributed by atoms with van der Waals surface area (Å²) in [5.74, 6) is 0. The lowest BCUT2D eigenvalue weighted by molar-refractivity contribution is -0.0362. The largest absolute Gasteiger partial charge is 0.375 e. The van der Waals surface area contributed by atoms with E-state index in [0.29, 0.717) is 12.2 Å². The maximum atomic E-state index is 6.11. The van der Waals surface area contributed by atoms with Crippen LogP contribution in [0.15, 0.2) is 0 Å². The monoisotopic (exact) mass is 227 g/mol. The molecule has 0 bridgehead atoms. The normalized spacial score (nSPS) is 26.2. The van der Waals surface area contributed by atoms with E-state index >= 15 is 0 Å². The van der Waals surface area contributed by atoms with Crippen LogP contribution in [-0.2, 0) is 4.74 Å². The minimum Gasteiger partial charge on any atom is -0.375 e. The lowest BCUT2D eigenvalue weighted by Gasteiger charge is -2.31. The van der Waals surface area contributed by atoms with Crippen LogP contribution in [0.3, 0.4) is 0 Å². The second-order valence-corrected chi connectivity index (χ2v) is 5.00. The molecule has 1 N–H and O–H groups in total.